The molecule has 1 aromatic heterocycles. The number of carbonyl (C=O) groups is 1. The molecule has 0 aliphatic heterocycles. The second kappa shape index (κ2) is 5.74. The van der Waals surface area contributed by atoms with E-state index in [1.165, 1.54) is 0 Å². The highest BCUT2D eigenvalue weighted by Crippen LogP contribution is 2.19. The van der Waals surface area contributed by atoms with Gasteiger partial charge in [0.2, 0.25) is 5.91 Å². The van der Waals surface area contributed by atoms with Gasteiger partial charge in [-0.15, -0.1) is 0 Å². The number of carbonyl (C=O) groups excluding carboxylic acids is 1. The number of furan rings is 1. The molecule has 3 heteroatoms. The number of hydrogen-bond acceptors (Lipinski definition) is 2. The Bertz CT molecular complexity index is 565. The van der Waals surface area contributed by atoms with Crippen molar-refractivity contribution < 1.29 is 9.21 Å². The SMILES string of the molecule is CCC(C)N(C)C(=O)/C=C/c1cc2ccccc2o1. The summed E-state index contributed by atoms with van der Waals surface area (Å²) in [5.41, 5.74) is 0.838. The number of likely N-dealkylation sites (N-methyl/N-ethyl adjacent to an activating group) is 1. The molecular formula is C16H19NO2. The predicted octanol–water partition coefficient (Wildman–Crippen LogP) is 3.70. The predicted molar refractivity (Wildman–Crippen MR) is 77.8 cm³/mol. The molecule has 0 aliphatic carbocycles. The van der Waals surface area contributed by atoms with E-state index in [0.717, 1.165) is 17.4 Å². The van der Waals surface area contributed by atoms with Gasteiger partial charge in [-0.3, -0.25) is 4.79 Å². The van der Waals surface area contributed by atoms with Crippen molar-refractivity contribution >= 4 is 23.0 Å². The van der Waals surface area contributed by atoms with Crippen LogP contribution in [0.15, 0.2) is 40.8 Å². The minimum absolute atomic E-state index is 0.00481. The summed E-state index contributed by atoms with van der Waals surface area (Å²) in [6.07, 6.45) is 4.23. The van der Waals surface area contributed by atoms with Crippen molar-refractivity contribution in [1.82, 2.24) is 4.90 Å². The van der Waals surface area contributed by atoms with Gasteiger partial charge >= 0.3 is 0 Å². The van der Waals surface area contributed by atoms with Crippen LogP contribution in [0.2, 0.25) is 0 Å². The highest BCUT2D eigenvalue weighted by Gasteiger charge is 2.11. The fraction of sp³-hybridized carbons (Fsp3) is 0.312. The fourth-order valence-corrected chi connectivity index (χ4v) is 1.85. The Morgan fingerprint density at radius 2 is 2.16 bits per heavy atom. The number of nitrogens with zero attached hydrogens (tertiary/aromatic N) is 1. The van der Waals surface area contributed by atoms with Crippen LogP contribution in [0, 0.1) is 0 Å². The van der Waals surface area contributed by atoms with Gasteiger partial charge in [-0.25, -0.2) is 0 Å². The molecule has 0 saturated heterocycles. The van der Waals surface area contributed by atoms with E-state index in [-0.39, 0.29) is 11.9 Å². The highest BCUT2D eigenvalue weighted by molar-refractivity contribution is 5.92. The van der Waals surface area contributed by atoms with Gasteiger partial charge in [-0.2, -0.15) is 0 Å². The Labute approximate surface area is 113 Å². The van der Waals surface area contributed by atoms with Gasteiger partial charge in [-0.1, -0.05) is 25.1 Å². The van der Waals surface area contributed by atoms with E-state index in [2.05, 4.69) is 6.92 Å². The number of para-hydroxylation sites is 1. The Hall–Kier alpha value is -2.03. The van der Waals surface area contributed by atoms with Crippen LogP contribution in [-0.2, 0) is 4.79 Å². The molecule has 0 N–H and O–H groups in total. The third-order valence-corrected chi connectivity index (χ3v) is 3.43. The van der Waals surface area contributed by atoms with E-state index in [9.17, 15) is 4.79 Å². The van der Waals surface area contributed by atoms with Crippen LogP contribution in [-0.4, -0.2) is 23.9 Å². The van der Waals surface area contributed by atoms with Gasteiger partial charge in [0.1, 0.15) is 11.3 Å². The van der Waals surface area contributed by atoms with Gasteiger partial charge < -0.3 is 9.32 Å². The van der Waals surface area contributed by atoms with Gasteiger partial charge in [-0.05, 0) is 31.6 Å². The lowest BCUT2D eigenvalue weighted by Crippen LogP contribution is -2.33. The molecule has 0 bridgehead atoms. The quantitative estimate of drug-likeness (QED) is 0.782. The Kier molecular flexibility index (Phi) is 4.05. The van der Waals surface area contributed by atoms with E-state index < -0.39 is 0 Å². The summed E-state index contributed by atoms with van der Waals surface area (Å²) in [5.74, 6) is 0.696. The topological polar surface area (TPSA) is 33.5 Å². The maximum Gasteiger partial charge on any atom is 0.246 e. The standard InChI is InChI=1S/C16H19NO2/c1-4-12(2)17(3)16(18)10-9-14-11-13-7-5-6-8-15(13)19-14/h5-12H,4H2,1-3H3/b10-9+. The summed E-state index contributed by atoms with van der Waals surface area (Å²) >= 11 is 0. The maximum atomic E-state index is 11.9. The van der Waals surface area contributed by atoms with Crippen LogP contribution in [0.25, 0.3) is 17.0 Å². The van der Waals surface area contributed by atoms with Crippen molar-refractivity contribution in [2.45, 2.75) is 26.3 Å². The normalized spacial score (nSPS) is 13.0. The summed E-state index contributed by atoms with van der Waals surface area (Å²) in [6.45, 7) is 4.10. The molecule has 1 aromatic carbocycles. The molecule has 100 valence electrons. The molecule has 2 rings (SSSR count). The summed E-state index contributed by atoms with van der Waals surface area (Å²) in [7, 11) is 1.82. The lowest BCUT2D eigenvalue weighted by Gasteiger charge is -2.22. The first-order valence-corrected chi connectivity index (χ1v) is 6.55. The largest absolute Gasteiger partial charge is 0.457 e. The summed E-state index contributed by atoms with van der Waals surface area (Å²) in [6, 6.07) is 9.98. The monoisotopic (exact) mass is 257 g/mol. The van der Waals surface area contributed by atoms with Crippen molar-refractivity contribution in [3.05, 3.63) is 42.2 Å². The summed E-state index contributed by atoms with van der Waals surface area (Å²) in [4.78, 5) is 13.7. The van der Waals surface area contributed by atoms with Gasteiger partial charge in [0.25, 0.3) is 0 Å². The first kappa shape index (κ1) is 13.4. The number of hydrogen-bond donors (Lipinski definition) is 0. The molecule has 2 aromatic rings. The second-order valence-electron chi connectivity index (χ2n) is 4.73. The zero-order valence-corrected chi connectivity index (χ0v) is 11.6. The van der Waals surface area contributed by atoms with Crippen molar-refractivity contribution in [3.8, 4) is 0 Å². The van der Waals surface area contributed by atoms with Crippen LogP contribution < -0.4 is 0 Å². The van der Waals surface area contributed by atoms with Gasteiger partial charge in [0, 0.05) is 24.6 Å². The minimum Gasteiger partial charge on any atom is -0.457 e. The van der Waals surface area contributed by atoms with Crippen LogP contribution in [0.4, 0.5) is 0 Å². The molecule has 0 aliphatic rings. The summed E-state index contributed by atoms with van der Waals surface area (Å²) < 4.78 is 5.63. The molecule has 1 heterocycles. The molecule has 1 unspecified atom stereocenters. The molecule has 1 amide bonds. The van der Waals surface area contributed by atoms with Crippen LogP contribution in [0.1, 0.15) is 26.0 Å². The van der Waals surface area contributed by atoms with Crippen molar-refractivity contribution in [3.63, 3.8) is 0 Å². The molecule has 1 atom stereocenters. The zero-order valence-electron chi connectivity index (χ0n) is 11.6. The van der Waals surface area contributed by atoms with Crippen LogP contribution in [0.3, 0.4) is 0 Å². The average molecular weight is 257 g/mol. The van der Waals surface area contributed by atoms with Gasteiger partial charge in [0.15, 0.2) is 0 Å². The number of fused-ring (bicyclic) bond motifs is 1. The molecule has 0 saturated carbocycles. The Morgan fingerprint density at radius 1 is 1.42 bits per heavy atom. The number of amides is 1. The molecule has 19 heavy (non-hydrogen) atoms. The summed E-state index contributed by atoms with van der Waals surface area (Å²) in [5, 5.41) is 1.05. The first-order valence-electron chi connectivity index (χ1n) is 6.55. The number of benzene rings is 1. The highest BCUT2D eigenvalue weighted by atomic mass is 16.3. The minimum atomic E-state index is -0.00481. The van der Waals surface area contributed by atoms with E-state index in [0.29, 0.717) is 5.76 Å². The van der Waals surface area contributed by atoms with Crippen molar-refractivity contribution in [2.24, 2.45) is 0 Å². The van der Waals surface area contributed by atoms with E-state index in [4.69, 9.17) is 4.42 Å². The first-order chi connectivity index (χ1) is 9.11. The smallest absolute Gasteiger partial charge is 0.246 e. The Balaban J connectivity index is 2.11. The molecule has 0 spiro atoms. The van der Waals surface area contributed by atoms with Crippen LogP contribution >= 0.6 is 0 Å². The molecular weight excluding hydrogens is 238 g/mol. The van der Waals surface area contributed by atoms with Gasteiger partial charge in [0.05, 0.1) is 0 Å². The van der Waals surface area contributed by atoms with Crippen molar-refractivity contribution in [2.75, 3.05) is 7.05 Å². The fourth-order valence-electron chi connectivity index (χ4n) is 1.85. The third kappa shape index (κ3) is 3.05. The van der Waals surface area contributed by atoms with Crippen molar-refractivity contribution in [1.29, 1.82) is 0 Å². The number of rotatable bonds is 4. The molecule has 3 nitrogen and oxygen atoms in total. The lowest BCUT2D eigenvalue weighted by atomic mass is 10.2. The Morgan fingerprint density at radius 3 is 2.84 bits per heavy atom. The average Bonchev–Trinajstić information content (AvgIpc) is 2.85. The van der Waals surface area contributed by atoms with E-state index in [1.54, 1.807) is 17.1 Å². The van der Waals surface area contributed by atoms with E-state index >= 15 is 0 Å². The zero-order chi connectivity index (χ0) is 13.8. The molecule has 0 fully saturated rings. The van der Waals surface area contributed by atoms with Crippen LogP contribution in [0.5, 0.6) is 0 Å². The van der Waals surface area contributed by atoms with E-state index in [1.807, 2.05) is 44.3 Å². The second-order valence-corrected chi connectivity index (χ2v) is 4.73. The third-order valence-electron chi connectivity index (χ3n) is 3.43. The lowest BCUT2D eigenvalue weighted by molar-refractivity contribution is -0.126. The molecule has 0 radical (unpaired) electrons. The maximum absolute atomic E-state index is 11.9.